The molecule has 2 bridgehead atoms. The summed E-state index contributed by atoms with van der Waals surface area (Å²) in [6.45, 7) is 6.03. The molecule has 1 spiro atoms. The van der Waals surface area contributed by atoms with Gasteiger partial charge < -0.3 is 14.9 Å². The van der Waals surface area contributed by atoms with Gasteiger partial charge in [0, 0.05) is 0 Å². The van der Waals surface area contributed by atoms with Crippen molar-refractivity contribution in [3.05, 3.63) is 0 Å². The molecule has 1 heterocycles. The summed E-state index contributed by atoms with van der Waals surface area (Å²) in [5.74, 6) is 0.939. The highest BCUT2D eigenvalue weighted by Gasteiger charge is 2.68. The van der Waals surface area contributed by atoms with E-state index in [-0.39, 0.29) is 5.60 Å². The number of fused-ring (bicyclic) bond motifs is 1. The number of rotatable bonds is 0. The molecule has 0 aromatic heterocycles. The van der Waals surface area contributed by atoms with E-state index in [0.717, 1.165) is 19.3 Å². The van der Waals surface area contributed by atoms with Crippen LogP contribution in [-0.4, -0.2) is 33.1 Å². The molecule has 3 rings (SSSR count). The third kappa shape index (κ3) is 1.33. The van der Waals surface area contributed by atoms with Gasteiger partial charge in [-0.05, 0) is 64.7 Å². The summed E-state index contributed by atoms with van der Waals surface area (Å²) in [6, 6.07) is 0. The van der Waals surface area contributed by atoms with Crippen LogP contribution in [0.3, 0.4) is 0 Å². The second kappa shape index (κ2) is 3.25. The molecule has 1 saturated heterocycles. The first kappa shape index (κ1) is 11.9. The first-order valence-electron chi connectivity index (χ1n) is 6.90. The minimum absolute atomic E-state index is 0.157. The maximum Gasteiger partial charge on any atom is 0.117 e. The first-order valence-corrected chi connectivity index (χ1v) is 6.90. The maximum absolute atomic E-state index is 10.8. The normalized spacial score (nSPS) is 56.6. The summed E-state index contributed by atoms with van der Waals surface area (Å²) in [6.07, 6.45) is 4.29. The minimum atomic E-state index is -1.09. The summed E-state index contributed by atoms with van der Waals surface area (Å²) in [5.41, 5.74) is -1.75. The fraction of sp³-hybridized carbons (Fsp3) is 1.00. The third-order valence-electron chi connectivity index (χ3n) is 5.80. The Morgan fingerprint density at radius 2 is 1.59 bits per heavy atom. The van der Waals surface area contributed by atoms with Crippen LogP contribution >= 0.6 is 0 Å². The number of aliphatic hydroxyl groups excluding tert-OH is 1. The van der Waals surface area contributed by atoms with Gasteiger partial charge in [-0.25, -0.2) is 0 Å². The Morgan fingerprint density at radius 1 is 1.00 bits per heavy atom. The van der Waals surface area contributed by atoms with Crippen LogP contribution in [-0.2, 0) is 4.74 Å². The average molecular weight is 240 g/mol. The Bertz CT molecular complexity index is 336. The lowest BCUT2D eigenvalue weighted by molar-refractivity contribution is -0.263. The highest BCUT2D eigenvalue weighted by molar-refractivity contribution is 5.17. The van der Waals surface area contributed by atoms with E-state index in [1.54, 1.807) is 6.92 Å². The summed E-state index contributed by atoms with van der Waals surface area (Å²) in [5, 5.41) is 20.9. The van der Waals surface area contributed by atoms with Crippen molar-refractivity contribution in [1.82, 2.24) is 0 Å². The SMILES string of the molecule is CC1(C)OC23CC1CCC2CCC(O)C3(C)O. The molecule has 2 aliphatic carbocycles. The van der Waals surface area contributed by atoms with Crippen molar-refractivity contribution in [2.45, 2.75) is 75.8 Å². The van der Waals surface area contributed by atoms with Crippen molar-refractivity contribution < 1.29 is 14.9 Å². The molecule has 3 aliphatic rings. The summed E-state index contributed by atoms with van der Waals surface area (Å²) < 4.78 is 6.34. The molecule has 0 aromatic rings. The van der Waals surface area contributed by atoms with Gasteiger partial charge in [0.15, 0.2) is 0 Å². The summed E-state index contributed by atoms with van der Waals surface area (Å²) in [7, 11) is 0. The van der Waals surface area contributed by atoms with Crippen molar-refractivity contribution in [3.8, 4) is 0 Å². The Morgan fingerprint density at radius 3 is 2.29 bits per heavy atom. The van der Waals surface area contributed by atoms with Gasteiger partial charge in [0.25, 0.3) is 0 Å². The van der Waals surface area contributed by atoms with E-state index < -0.39 is 17.3 Å². The van der Waals surface area contributed by atoms with Gasteiger partial charge in [-0.2, -0.15) is 0 Å². The first-order chi connectivity index (χ1) is 7.80. The zero-order chi connectivity index (χ0) is 12.5. The lowest BCUT2D eigenvalue weighted by Gasteiger charge is -2.54. The fourth-order valence-corrected chi connectivity index (χ4v) is 4.56. The van der Waals surface area contributed by atoms with Gasteiger partial charge in [0.05, 0.1) is 11.7 Å². The van der Waals surface area contributed by atoms with E-state index >= 15 is 0 Å². The zero-order valence-electron chi connectivity index (χ0n) is 11.1. The van der Waals surface area contributed by atoms with Gasteiger partial charge in [0.2, 0.25) is 0 Å². The van der Waals surface area contributed by atoms with Crippen LogP contribution in [0.5, 0.6) is 0 Å². The van der Waals surface area contributed by atoms with E-state index in [2.05, 4.69) is 13.8 Å². The van der Waals surface area contributed by atoms with Crippen LogP contribution < -0.4 is 0 Å². The second-order valence-electron chi connectivity index (χ2n) is 7.01. The van der Waals surface area contributed by atoms with Crippen molar-refractivity contribution >= 4 is 0 Å². The molecule has 0 radical (unpaired) electrons. The smallest absolute Gasteiger partial charge is 0.117 e. The Balaban J connectivity index is 2.04. The van der Waals surface area contributed by atoms with Crippen LogP contribution in [0.4, 0.5) is 0 Å². The molecule has 0 aromatic carbocycles. The van der Waals surface area contributed by atoms with Gasteiger partial charge in [-0.15, -0.1) is 0 Å². The van der Waals surface area contributed by atoms with Crippen LogP contribution in [0.2, 0.25) is 0 Å². The Hall–Kier alpha value is -0.120. The van der Waals surface area contributed by atoms with Crippen LogP contribution in [0.25, 0.3) is 0 Å². The predicted octanol–water partition coefficient (Wildman–Crippen LogP) is 1.86. The topological polar surface area (TPSA) is 49.7 Å². The third-order valence-corrected chi connectivity index (χ3v) is 5.80. The van der Waals surface area contributed by atoms with Crippen LogP contribution in [0.1, 0.15) is 52.9 Å². The van der Waals surface area contributed by atoms with Crippen molar-refractivity contribution in [2.75, 3.05) is 0 Å². The molecule has 3 fully saturated rings. The summed E-state index contributed by atoms with van der Waals surface area (Å²) >= 11 is 0. The Labute approximate surface area is 103 Å². The van der Waals surface area contributed by atoms with Gasteiger partial charge in [-0.3, -0.25) is 0 Å². The predicted molar refractivity (Wildman–Crippen MR) is 64.6 cm³/mol. The fourth-order valence-electron chi connectivity index (χ4n) is 4.56. The molecular formula is C14H24O3. The van der Waals surface area contributed by atoms with Gasteiger partial charge in [-0.1, -0.05) is 0 Å². The van der Waals surface area contributed by atoms with E-state index in [4.69, 9.17) is 4.74 Å². The molecule has 17 heavy (non-hydrogen) atoms. The monoisotopic (exact) mass is 240 g/mol. The lowest BCUT2D eigenvalue weighted by Crippen LogP contribution is -2.66. The van der Waals surface area contributed by atoms with Crippen molar-refractivity contribution in [1.29, 1.82) is 0 Å². The van der Waals surface area contributed by atoms with Crippen LogP contribution in [0.15, 0.2) is 0 Å². The molecule has 98 valence electrons. The molecule has 1 aliphatic heterocycles. The van der Waals surface area contributed by atoms with Gasteiger partial charge in [0.1, 0.15) is 11.2 Å². The molecule has 0 amide bonds. The largest absolute Gasteiger partial charge is 0.390 e. The second-order valence-corrected chi connectivity index (χ2v) is 7.01. The highest BCUT2D eigenvalue weighted by atomic mass is 16.6. The lowest BCUT2D eigenvalue weighted by atomic mass is 9.58. The minimum Gasteiger partial charge on any atom is -0.390 e. The van der Waals surface area contributed by atoms with Crippen molar-refractivity contribution in [3.63, 3.8) is 0 Å². The van der Waals surface area contributed by atoms with E-state index in [9.17, 15) is 10.2 Å². The van der Waals surface area contributed by atoms with Crippen LogP contribution in [0, 0.1) is 11.8 Å². The number of hydrogen-bond acceptors (Lipinski definition) is 3. The molecule has 3 heteroatoms. The van der Waals surface area contributed by atoms with E-state index in [0.29, 0.717) is 18.3 Å². The molecule has 3 nitrogen and oxygen atoms in total. The number of hydrogen-bond donors (Lipinski definition) is 2. The average Bonchev–Trinajstić information content (AvgIpc) is 2.44. The van der Waals surface area contributed by atoms with E-state index in [1.165, 1.54) is 6.42 Å². The quantitative estimate of drug-likeness (QED) is 0.679. The summed E-state index contributed by atoms with van der Waals surface area (Å²) in [4.78, 5) is 0. The molecule has 2 N–H and O–H groups in total. The molecular weight excluding hydrogens is 216 g/mol. The maximum atomic E-state index is 10.8. The molecule has 2 saturated carbocycles. The number of aliphatic hydroxyl groups is 2. The number of ether oxygens (including phenoxy) is 1. The van der Waals surface area contributed by atoms with Crippen molar-refractivity contribution in [2.24, 2.45) is 11.8 Å². The van der Waals surface area contributed by atoms with E-state index in [1.807, 2.05) is 0 Å². The zero-order valence-corrected chi connectivity index (χ0v) is 11.1. The highest BCUT2D eigenvalue weighted by Crippen LogP contribution is 2.61. The Kier molecular flexibility index (Phi) is 2.28. The van der Waals surface area contributed by atoms with Gasteiger partial charge >= 0.3 is 0 Å². The molecule has 5 unspecified atom stereocenters. The standard InChI is InChI=1S/C14H24O3/c1-12(2)10-5-4-9-6-7-11(15)13(3,16)14(9,8-10)17-12/h9-11,15-16H,4-8H2,1-3H3. The molecule has 5 atom stereocenters.